The minimum atomic E-state index is 0.0423. The van der Waals surface area contributed by atoms with E-state index < -0.39 is 0 Å². The molecule has 1 saturated heterocycles. The quantitative estimate of drug-likeness (QED) is 0.868. The summed E-state index contributed by atoms with van der Waals surface area (Å²) in [5.74, 6) is 1.12. The summed E-state index contributed by atoms with van der Waals surface area (Å²) in [6, 6.07) is 3.88. The fraction of sp³-hybridized carbons (Fsp3) is 0.529. The zero-order valence-corrected chi connectivity index (χ0v) is 15.0. The van der Waals surface area contributed by atoms with Gasteiger partial charge >= 0.3 is 0 Å². The number of furan rings is 1. The van der Waals surface area contributed by atoms with Gasteiger partial charge in [0.15, 0.2) is 5.13 Å². The van der Waals surface area contributed by atoms with E-state index in [4.69, 9.17) is 4.42 Å². The van der Waals surface area contributed by atoms with Crippen LogP contribution in [0.3, 0.4) is 0 Å². The van der Waals surface area contributed by atoms with Crippen LogP contribution in [0.5, 0.6) is 0 Å². The highest BCUT2D eigenvalue weighted by molar-refractivity contribution is 7.13. The van der Waals surface area contributed by atoms with Crippen LogP contribution in [0.4, 0.5) is 5.13 Å². The first-order valence-corrected chi connectivity index (χ1v) is 9.14. The predicted octanol–water partition coefficient (Wildman–Crippen LogP) is 2.33. The summed E-state index contributed by atoms with van der Waals surface area (Å²) in [7, 11) is 3.94. The van der Waals surface area contributed by atoms with Gasteiger partial charge in [-0.25, -0.2) is 4.98 Å². The number of amides is 1. The number of hydrogen-bond acceptors (Lipinski definition) is 6. The molecule has 1 amide bonds. The number of aromatic nitrogens is 1. The first-order chi connectivity index (χ1) is 11.6. The fourth-order valence-corrected chi connectivity index (χ4v) is 3.70. The Labute approximate surface area is 146 Å². The largest absolute Gasteiger partial charge is 0.468 e. The summed E-state index contributed by atoms with van der Waals surface area (Å²) >= 11 is 1.59. The van der Waals surface area contributed by atoms with Crippen LogP contribution in [0.15, 0.2) is 28.2 Å². The van der Waals surface area contributed by atoms with E-state index in [0.29, 0.717) is 6.54 Å². The Balaban J connectivity index is 1.48. The van der Waals surface area contributed by atoms with Crippen LogP contribution < -0.4 is 10.2 Å². The summed E-state index contributed by atoms with van der Waals surface area (Å²) < 4.78 is 5.41. The minimum absolute atomic E-state index is 0.0423. The van der Waals surface area contributed by atoms with Crippen LogP contribution in [0.25, 0.3) is 0 Å². The van der Waals surface area contributed by atoms with Crippen molar-refractivity contribution in [2.75, 3.05) is 32.1 Å². The van der Waals surface area contributed by atoms with Crippen molar-refractivity contribution in [1.82, 2.24) is 15.2 Å². The molecule has 2 aromatic rings. The van der Waals surface area contributed by atoms with E-state index in [9.17, 15) is 4.79 Å². The van der Waals surface area contributed by atoms with Gasteiger partial charge in [0.2, 0.25) is 5.91 Å². The Morgan fingerprint density at radius 1 is 1.54 bits per heavy atom. The predicted molar refractivity (Wildman–Crippen MR) is 95.0 cm³/mol. The molecule has 7 heteroatoms. The van der Waals surface area contributed by atoms with E-state index in [1.807, 2.05) is 36.5 Å². The Kier molecular flexibility index (Phi) is 5.52. The van der Waals surface area contributed by atoms with Crippen LogP contribution in [0.1, 0.15) is 24.3 Å². The number of carbonyl (C=O) groups is 1. The highest BCUT2D eigenvalue weighted by Crippen LogP contribution is 2.20. The minimum Gasteiger partial charge on any atom is -0.468 e. The second kappa shape index (κ2) is 7.81. The average Bonchev–Trinajstić information content (AvgIpc) is 3.24. The molecule has 0 radical (unpaired) electrons. The number of nitrogens with one attached hydrogen (secondary N) is 1. The maximum atomic E-state index is 12.5. The van der Waals surface area contributed by atoms with Gasteiger partial charge in [-0.3, -0.25) is 9.69 Å². The third-order valence-electron chi connectivity index (χ3n) is 4.20. The molecular weight excluding hydrogens is 324 g/mol. The molecule has 1 aliphatic heterocycles. The maximum absolute atomic E-state index is 12.5. The van der Waals surface area contributed by atoms with Crippen molar-refractivity contribution < 1.29 is 9.21 Å². The van der Waals surface area contributed by atoms with Gasteiger partial charge in [0.25, 0.3) is 0 Å². The lowest BCUT2D eigenvalue weighted by Gasteiger charge is -2.31. The first-order valence-electron chi connectivity index (χ1n) is 8.26. The van der Waals surface area contributed by atoms with E-state index in [-0.39, 0.29) is 11.8 Å². The third-order valence-corrected chi connectivity index (χ3v) is 5.26. The van der Waals surface area contributed by atoms with E-state index >= 15 is 0 Å². The average molecular weight is 348 g/mol. The topological polar surface area (TPSA) is 61.6 Å². The number of rotatable bonds is 6. The van der Waals surface area contributed by atoms with E-state index in [1.165, 1.54) is 0 Å². The molecule has 2 aromatic heterocycles. The highest BCUT2D eigenvalue weighted by atomic mass is 32.1. The van der Waals surface area contributed by atoms with Crippen LogP contribution in [-0.2, 0) is 17.9 Å². The maximum Gasteiger partial charge on any atom is 0.224 e. The number of anilines is 1. The van der Waals surface area contributed by atoms with Gasteiger partial charge in [-0.15, -0.1) is 11.3 Å². The summed E-state index contributed by atoms with van der Waals surface area (Å²) in [5.41, 5.74) is 0.917. The van der Waals surface area contributed by atoms with Crippen molar-refractivity contribution in [3.8, 4) is 0 Å². The van der Waals surface area contributed by atoms with Crippen molar-refractivity contribution in [1.29, 1.82) is 0 Å². The molecular formula is C17H24N4O2S. The van der Waals surface area contributed by atoms with Gasteiger partial charge < -0.3 is 14.6 Å². The van der Waals surface area contributed by atoms with Gasteiger partial charge in [-0.05, 0) is 31.5 Å². The molecule has 1 N–H and O–H groups in total. The molecule has 130 valence electrons. The van der Waals surface area contributed by atoms with Gasteiger partial charge in [0.1, 0.15) is 5.76 Å². The number of likely N-dealkylation sites (tertiary alicyclic amines) is 1. The van der Waals surface area contributed by atoms with Crippen LogP contribution in [0, 0.1) is 5.92 Å². The number of carbonyl (C=O) groups excluding carboxylic acids is 1. The molecule has 0 spiro atoms. The van der Waals surface area contributed by atoms with Crippen molar-refractivity contribution in [2.24, 2.45) is 5.92 Å². The first kappa shape index (κ1) is 17.0. The van der Waals surface area contributed by atoms with Gasteiger partial charge in [-0.2, -0.15) is 0 Å². The summed E-state index contributed by atoms with van der Waals surface area (Å²) in [4.78, 5) is 21.2. The number of hydrogen-bond donors (Lipinski definition) is 1. The molecule has 0 unspecified atom stereocenters. The Morgan fingerprint density at radius 2 is 2.42 bits per heavy atom. The molecule has 0 aliphatic carbocycles. The molecule has 1 aliphatic rings. The van der Waals surface area contributed by atoms with Crippen molar-refractivity contribution in [2.45, 2.75) is 25.9 Å². The SMILES string of the molecule is CN(C)c1nc(CNC(=O)[C@@H]2CCCN(Cc3ccco3)C2)cs1. The fourth-order valence-electron chi connectivity index (χ4n) is 2.94. The molecule has 24 heavy (non-hydrogen) atoms. The second-order valence-corrected chi connectivity index (χ2v) is 7.22. The van der Waals surface area contributed by atoms with Crippen molar-refractivity contribution >= 4 is 22.4 Å². The van der Waals surface area contributed by atoms with Crippen LogP contribution in [-0.4, -0.2) is 43.0 Å². The third kappa shape index (κ3) is 4.36. The van der Waals surface area contributed by atoms with Crippen molar-refractivity contribution in [3.05, 3.63) is 35.2 Å². The number of thiazole rings is 1. The molecule has 1 atom stereocenters. The number of nitrogens with zero attached hydrogens (tertiary/aromatic N) is 3. The lowest BCUT2D eigenvalue weighted by molar-refractivity contribution is -0.127. The summed E-state index contributed by atoms with van der Waals surface area (Å²) in [6.07, 6.45) is 3.68. The van der Waals surface area contributed by atoms with Crippen LogP contribution >= 0.6 is 11.3 Å². The molecule has 3 rings (SSSR count). The lowest BCUT2D eigenvalue weighted by atomic mass is 9.97. The highest BCUT2D eigenvalue weighted by Gasteiger charge is 2.26. The number of piperidine rings is 1. The van der Waals surface area contributed by atoms with Gasteiger partial charge in [-0.1, -0.05) is 0 Å². The summed E-state index contributed by atoms with van der Waals surface area (Å²) in [5, 5.41) is 6.00. The summed E-state index contributed by atoms with van der Waals surface area (Å²) in [6.45, 7) is 3.07. The smallest absolute Gasteiger partial charge is 0.224 e. The zero-order chi connectivity index (χ0) is 16.9. The van der Waals surface area contributed by atoms with E-state index in [0.717, 1.165) is 49.1 Å². The Hall–Kier alpha value is -1.86. The van der Waals surface area contributed by atoms with E-state index in [2.05, 4.69) is 15.2 Å². The van der Waals surface area contributed by atoms with E-state index in [1.54, 1.807) is 17.6 Å². The zero-order valence-electron chi connectivity index (χ0n) is 14.2. The molecule has 1 fully saturated rings. The standard InChI is InChI=1S/C17H24N4O2S/c1-20(2)17-19-14(12-24-17)9-18-16(22)13-5-3-7-21(10-13)11-15-6-4-8-23-15/h4,6,8,12-13H,3,5,7,9-11H2,1-2H3,(H,18,22)/t13-/m1/s1. The molecule has 0 aromatic carbocycles. The monoisotopic (exact) mass is 348 g/mol. The molecule has 6 nitrogen and oxygen atoms in total. The molecule has 0 saturated carbocycles. The lowest BCUT2D eigenvalue weighted by Crippen LogP contribution is -2.42. The second-order valence-electron chi connectivity index (χ2n) is 6.39. The van der Waals surface area contributed by atoms with Crippen molar-refractivity contribution in [3.63, 3.8) is 0 Å². The van der Waals surface area contributed by atoms with Gasteiger partial charge in [0.05, 0.1) is 31.0 Å². The van der Waals surface area contributed by atoms with Gasteiger partial charge in [0, 0.05) is 26.0 Å². The Morgan fingerprint density at radius 3 is 3.12 bits per heavy atom. The Bertz CT molecular complexity index is 653. The van der Waals surface area contributed by atoms with Crippen LogP contribution in [0.2, 0.25) is 0 Å². The normalized spacial score (nSPS) is 18.5. The molecule has 0 bridgehead atoms. The molecule has 3 heterocycles.